The van der Waals surface area contributed by atoms with Crippen molar-refractivity contribution in [2.75, 3.05) is 26.8 Å². The second kappa shape index (κ2) is 11.2. The SMILES string of the molecule is COc1ccccc1OCC(=O)N(CCC(=O)NCCc1ccc(S(N)(=O)=O)cc1)C1CC1. The fourth-order valence-corrected chi connectivity index (χ4v) is 3.88. The van der Waals surface area contributed by atoms with E-state index in [0.717, 1.165) is 18.4 Å². The summed E-state index contributed by atoms with van der Waals surface area (Å²) in [5, 5.41) is 7.92. The molecule has 0 saturated heterocycles. The van der Waals surface area contributed by atoms with Crippen molar-refractivity contribution < 1.29 is 27.5 Å². The summed E-state index contributed by atoms with van der Waals surface area (Å²) >= 11 is 0. The fourth-order valence-electron chi connectivity index (χ4n) is 3.36. The highest BCUT2D eigenvalue weighted by molar-refractivity contribution is 7.89. The van der Waals surface area contributed by atoms with E-state index in [-0.39, 0.29) is 35.8 Å². The number of primary sulfonamides is 1. The molecular formula is C23H29N3O6S. The molecule has 1 saturated carbocycles. The van der Waals surface area contributed by atoms with Gasteiger partial charge in [-0.25, -0.2) is 13.6 Å². The van der Waals surface area contributed by atoms with Crippen LogP contribution in [0, 0.1) is 0 Å². The Balaban J connectivity index is 1.42. The van der Waals surface area contributed by atoms with Crippen LogP contribution in [-0.2, 0) is 26.0 Å². The number of amides is 2. The van der Waals surface area contributed by atoms with Gasteiger partial charge in [-0.1, -0.05) is 24.3 Å². The van der Waals surface area contributed by atoms with E-state index in [4.69, 9.17) is 14.6 Å². The molecular weight excluding hydrogens is 446 g/mol. The Morgan fingerprint density at radius 1 is 1.09 bits per heavy atom. The second-order valence-corrected chi connectivity index (χ2v) is 9.36. The average molecular weight is 476 g/mol. The van der Waals surface area contributed by atoms with Crippen molar-refractivity contribution in [3.8, 4) is 11.5 Å². The standard InChI is InChI=1S/C23H29N3O6S/c1-31-20-4-2-3-5-21(20)32-16-23(28)26(18-8-9-18)15-13-22(27)25-14-12-17-6-10-19(11-7-17)33(24,29)30/h2-7,10-11,18H,8-9,12-16H2,1H3,(H,25,27)(H2,24,29,30). The van der Waals surface area contributed by atoms with Gasteiger partial charge in [0, 0.05) is 25.6 Å². The average Bonchev–Trinajstić information content (AvgIpc) is 3.63. The molecule has 2 amide bonds. The van der Waals surface area contributed by atoms with E-state index in [2.05, 4.69) is 5.32 Å². The van der Waals surface area contributed by atoms with Gasteiger partial charge in [0.15, 0.2) is 18.1 Å². The zero-order chi connectivity index (χ0) is 23.8. The van der Waals surface area contributed by atoms with Crippen LogP contribution in [0.3, 0.4) is 0 Å². The number of carbonyl (C=O) groups excluding carboxylic acids is 2. The van der Waals surface area contributed by atoms with E-state index >= 15 is 0 Å². The van der Waals surface area contributed by atoms with Crippen LogP contribution >= 0.6 is 0 Å². The molecule has 0 radical (unpaired) electrons. The minimum Gasteiger partial charge on any atom is -0.493 e. The zero-order valence-corrected chi connectivity index (χ0v) is 19.3. The molecule has 2 aromatic rings. The molecule has 1 fully saturated rings. The van der Waals surface area contributed by atoms with Crippen molar-refractivity contribution in [2.45, 2.75) is 36.6 Å². The summed E-state index contributed by atoms with van der Waals surface area (Å²) < 4.78 is 33.5. The van der Waals surface area contributed by atoms with Gasteiger partial charge in [0.1, 0.15) is 0 Å². The lowest BCUT2D eigenvalue weighted by atomic mass is 10.1. The number of sulfonamides is 1. The molecule has 3 rings (SSSR count). The molecule has 0 unspecified atom stereocenters. The lowest BCUT2D eigenvalue weighted by molar-refractivity contribution is -0.134. The number of nitrogens with two attached hydrogens (primary N) is 1. The topological polar surface area (TPSA) is 128 Å². The van der Waals surface area contributed by atoms with Crippen molar-refractivity contribution in [1.29, 1.82) is 0 Å². The highest BCUT2D eigenvalue weighted by Gasteiger charge is 2.32. The number of rotatable bonds is 12. The number of nitrogens with one attached hydrogen (secondary N) is 1. The number of methoxy groups -OCH3 is 1. The van der Waals surface area contributed by atoms with Crippen molar-refractivity contribution in [1.82, 2.24) is 10.2 Å². The number of hydrogen-bond acceptors (Lipinski definition) is 6. The van der Waals surface area contributed by atoms with E-state index in [9.17, 15) is 18.0 Å². The first-order valence-electron chi connectivity index (χ1n) is 10.7. The minimum atomic E-state index is -3.72. The smallest absolute Gasteiger partial charge is 0.260 e. The summed E-state index contributed by atoms with van der Waals surface area (Å²) in [6.07, 6.45) is 2.60. The van der Waals surface area contributed by atoms with Crippen molar-refractivity contribution in [3.63, 3.8) is 0 Å². The van der Waals surface area contributed by atoms with Crippen molar-refractivity contribution in [3.05, 3.63) is 54.1 Å². The molecule has 0 aliphatic heterocycles. The fraction of sp³-hybridized carbons (Fsp3) is 0.391. The van der Waals surface area contributed by atoms with Crippen LogP contribution in [0.1, 0.15) is 24.8 Å². The Morgan fingerprint density at radius 3 is 2.36 bits per heavy atom. The van der Waals surface area contributed by atoms with Gasteiger partial charge < -0.3 is 19.7 Å². The number of ether oxygens (including phenoxy) is 2. The highest BCUT2D eigenvalue weighted by Crippen LogP contribution is 2.28. The molecule has 0 bridgehead atoms. The highest BCUT2D eigenvalue weighted by atomic mass is 32.2. The first kappa shape index (κ1) is 24.5. The van der Waals surface area contributed by atoms with Gasteiger partial charge >= 0.3 is 0 Å². The second-order valence-electron chi connectivity index (χ2n) is 7.80. The molecule has 0 atom stereocenters. The zero-order valence-electron chi connectivity index (χ0n) is 18.5. The van der Waals surface area contributed by atoms with Gasteiger partial charge in [-0.3, -0.25) is 9.59 Å². The van der Waals surface area contributed by atoms with Crippen LogP contribution in [0.4, 0.5) is 0 Å². The van der Waals surface area contributed by atoms with Crippen LogP contribution in [0.2, 0.25) is 0 Å². The molecule has 10 heteroatoms. The molecule has 178 valence electrons. The summed E-state index contributed by atoms with van der Waals surface area (Å²) in [6, 6.07) is 13.5. The summed E-state index contributed by atoms with van der Waals surface area (Å²) in [4.78, 5) is 26.7. The predicted octanol–water partition coefficient (Wildman–Crippen LogP) is 1.46. The molecule has 3 N–H and O–H groups in total. The van der Waals surface area contributed by atoms with Crippen LogP contribution in [0.25, 0.3) is 0 Å². The molecule has 33 heavy (non-hydrogen) atoms. The predicted molar refractivity (Wildman–Crippen MR) is 122 cm³/mol. The van der Waals surface area contributed by atoms with Crippen LogP contribution < -0.4 is 19.9 Å². The Morgan fingerprint density at radius 2 is 1.76 bits per heavy atom. The van der Waals surface area contributed by atoms with Gasteiger partial charge in [-0.2, -0.15) is 0 Å². The molecule has 9 nitrogen and oxygen atoms in total. The quantitative estimate of drug-likeness (QED) is 0.478. The molecule has 0 heterocycles. The largest absolute Gasteiger partial charge is 0.493 e. The summed E-state index contributed by atoms with van der Waals surface area (Å²) in [5.41, 5.74) is 0.881. The van der Waals surface area contributed by atoms with E-state index in [1.165, 1.54) is 12.1 Å². The Hall–Kier alpha value is -3.11. The maximum atomic E-state index is 12.7. The van der Waals surface area contributed by atoms with Crippen LogP contribution in [0.15, 0.2) is 53.4 Å². The van der Waals surface area contributed by atoms with E-state index in [0.29, 0.717) is 31.0 Å². The normalized spacial score (nSPS) is 13.3. The van der Waals surface area contributed by atoms with Crippen LogP contribution in [-0.4, -0.2) is 58.0 Å². The van der Waals surface area contributed by atoms with E-state index in [1.807, 2.05) is 6.07 Å². The number of nitrogens with zero attached hydrogens (tertiary/aromatic N) is 1. The number of hydrogen-bond donors (Lipinski definition) is 2. The first-order chi connectivity index (χ1) is 15.8. The summed E-state index contributed by atoms with van der Waals surface area (Å²) in [5.74, 6) is 0.743. The van der Waals surface area contributed by atoms with Crippen molar-refractivity contribution in [2.24, 2.45) is 5.14 Å². The van der Waals surface area contributed by atoms with E-state index in [1.54, 1.807) is 42.3 Å². The Kier molecular flexibility index (Phi) is 8.29. The van der Waals surface area contributed by atoms with Gasteiger partial charge in [-0.05, 0) is 49.1 Å². The maximum Gasteiger partial charge on any atom is 0.260 e. The number of benzene rings is 2. The monoisotopic (exact) mass is 475 g/mol. The molecule has 1 aliphatic rings. The summed E-state index contributed by atoms with van der Waals surface area (Å²) in [7, 11) is -2.18. The number of carbonyl (C=O) groups is 2. The third-order valence-corrected chi connectivity index (χ3v) is 6.22. The van der Waals surface area contributed by atoms with Gasteiger partial charge in [0.2, 0.25) is 15.9 Å². The van der Waals surface area contributed by atoms with Crippen molar-refractivity contribution >= 4 is 21.8 Å². The summed E-state index contributed by atoms with van der Waals surface area (Å²) in [6.45, 7) is 0.614. The van der Waals surface area contributed by atoms with Gasteiger partial charge in [-0.15, -0.1) is 0 Å². The van der Waals surface area contributed by atoms with Gasteiger partial charge in [0.05, 0.1) is 12.0 Å². The lowest BCUT2D eigenvalue weighted by Gasteiger charge is -2.22. The number of para-hydroxylation sites is 2. The van der Waals surface area contributed by atoms with E-state index < -0.39 is 10.0 Å². The molecule has 0 spiro atoms. The third kappa shape index (κ3) is 7.47. The molecule has 2 aromatic carbocycles. The minimum absolute atomic E-state index is 0.0507. The van der Waals surface area contributed by atoms with Crippen LogP contribution in [0.5, 0.6) is 11.5 Å². The molecule has 1 aliphatic carbocycles. The third-order valence-electron chi connectivity index (χ3n) is 5.30. The Bertz CT molecular complexity index is 1070. The lowest BCUT2D eigenvalue weighted by Crippen LogP contribution is -2.39. The Labute approximate surface area is 193 Å². The first-order valence-corrected chi connectivity index (χ1v) is 12.3. The van der Waals surface area contributed by atoms with Gasteiger partial charge in [0.25, 0.3) is 5.91 Å². The maximum absolute atomic E-state index is 12.7. The molecule has 0 aromatic heterocycles.